The lowest BCUT2D eigenvalue weighted by atomic mass is 9.68. The lowest BCUT2D eigenvalue weighted by Gasteiger charge is -2.33. The van der Waals surface area contributed by atoms with E-state index >= 15 is 0 Å². The van der Waals surface area contributed by atoms with Gasteiger partial charge in [-0.3, -0.25) is 4.98 Å². The average molecular weight is 439 g/mol. The lowest BCUT2D eigenvalue weighted by Crippen LogP contribution is -2.28. The predicted octanol–water partition coefficient (Wildman–Crippen LogP) is 6.83. The van der Waals surface area contributed by atoms with Crippen molar-refractivity contribution in [2.24, 2.45) is 0 Å². The maximum atomic E-state index is 4.53. The van der Waals surface area contributed by atoms with E-state index in [4.69, 9.17) is 0 Å². The number of hydrogen-bond acceptors (Lipinski definition) is 2. The van der Waals surface area contributed by atoms with Gasteiger partial charge in [-0.15, -0.1) is 0 Å². The fourth-order valence-corrected chi connectivity index (χ4v) is 5.59. The van der Waals surface area contributed by atoms with Crippen molar-refractivity contribution in [3.8, 4) is 22.3 Å². The number of pyridine rings is 1. The van der Waals surface area contributed by atoms with Crippen LogP contribution in [0.1, 0.15) is 27.8 Å². The van der Waals surface area contributed by atoms with Crippen molar-refractivity contribution in [1.82, 2.24) is 10.3 Å². The molecule has 164 valence electrons. The Balaban J connectivity index is 1.64. The Hall–Kier alpha value is -4.01. The van der Waals surface area contributed by atoms with Crippen molar-refractivity contribution in [2.45, 2.75) is 12.0 Å². The monoisotopic (exact) mass is 438 g/mol. The summed E-state index contributed by atoms with van der Waals surface area (Å²) in [6, 6.07) is 39.7. The third-order valence-corrected chi connectivity index (χ3v) is 6.99. The van der Waals surface area contributed by atoms with Crippen LogP contribution in [-0.4, -0.2) is 12.0 Å². The van der Waals surface area contributed by atoms with Crippen LogP contribution in [0.25, 0.3) is 22.3 Å². The molecule has 2 nitrogen and oxygen atoms in total. The Morgan fingerprint density at radius 3 is 2.24 bits per heavy atom. The molecule has 0 aliphatic heterocycles. The topological polar surface area (TPSA) is 24.9 Å². The number of rotatable bonds is 5. The zero-order valence-corrected chi connectivity index (χ0v) is 19.2. The lowest BCUT2D eigenvalue weighted by molar-refractivity contribution is 0.763. The van der Waals surface area contributed by atoms with Gasteiger partial charge in [0.15, 0.2) is 0 Å². The smallest absolute Gasteiger partial charge is 0.0728 e. The van der Waals surface area contributed by atoms with Gasteiger partial charge in [0.2, 0.25) is 0 Å². The first kappa shape index (κ1) is 20.6. The van der Waals surface area contributed by atoms with Crippen molar-refractivity contribution in [3.05, 3.63) is 149 Å². The van der Waals surface area contributed by atoms with Crippen molar-refractivity contribution >= 4 is 0 Å². The summed E-state index contributed by atoms with van der Waals surface area (Å²) in [5.41, 5.74) is 11.0. The molecular weight excluding hydrogens is 412 g/mol. The molecule has 0 saturated carbocycles. The first-order chi connectivity index (χ1) is 16.8. The molecule has 34 heavy (non-hydrogen) atoms. The molecule has 1 aliphatic carbocycles. The van der Waals surface area contributed by atoms with Crippen molar-refractivity contribution in [3.63, 3.8) is 0 Å². The molecule has 1 N–H and O–H groups in total. The highest BCUT2D eigenvalue weighted by Crippen LogP contribution is 2.56. The molecule has 1 atom stereocenters. The van der Waals surface area contributed by atoms with Crippen LogP contribution >= 0.6 is 0 Å². The normalized spacial score (nSPS) is 16.1. The Morgan fingerprint density at radius 2 is 1.41 bits per heavy atom. The molecule has 2 heteroatoms. The zero-order valence-electron chi connectivity index (χ0n) is 19.2. The number of benzene rings is 4. The van der Waals surface area contributed by atoms with Gasteiger partial charge in [0.1, 0.15) is 0 Å². The zero-order chi connectivity index (χ0) is 23.0. The highest BCUT2D eigenvalue weighted by Gasteiger charge is 2.46. The van der Waals surface area contributed by atoms with E-state index in [1.807, 2.05) is 25.5 Å². The van der Waals surface area contributed by atoms with Gasteiger partial charge in [-0.1, -0.05) is 91.0 Å². The highest BCUT2D eigenvalue weighted by atomic mass is 14.8. The second kappa shape index (κ2) is 8.40. The summed E-state index contributed by atoms with van der Waals surface area (Å²) < 4.78 is 0. The molecular formula is C32H26N2. The number of hydrogen-bond donors (Lipinski definition) is 1. The van der Waals surface area contributed by atoms with Gasteiger partial charge < -0.3 is 5.32 Å². The minimum atomic E-state index is -0.395. The van der Waals surface area contributed by atoms with E-state index in [0.717, 1.165) is 6.54 Å². The predicted molar refractivity (Wildman–Crippen MR) is 140 cm³/mol. The Morgan fingerprint density at radius 1 is 0.647 bits per heavy atom. The summed E-state index contributed by atoms with van der Waals surface area (Å²) in [7, 11) is 1.99. The summed E-state index contributed by atoms with van der Waals surface area (Å²) in [5.74, 6) is 0. The summed E-state index contributed by atoms with van der Waals surface area (Å²) in [6.07, 6.45) is 3.87. The van der Waals surface area contributed by atoms with Crippen molar-refractivity contribution in [1.29, 1.82) is 0 Å². The maximum absolute atomic E-state index is 4.53. The molecule has 6 rings (SSSR count). The van der Waals surface area contributed by atoms with Crippen LogP contribution in [0.3, 0.4) is 0 Å². The van der Waals surface area contributed by atoms with Crippen LogP contribution in [0.2, 0.25) is 0 Å². The molecule has 1 heterocycles. The van der Waals surface area contributed by atoms with Gasteiger partial charge in [-0.05, 0) is 75.3 Å². The van der Waals surface area contributed by atoms with Crippen molar-refractivity contribution in [2.75, 3.05) is 7.05 Å². The SMILES string of the molecule is CNCc1cccc(-c2ccc3c(c2)-c2ccccc2C3(c2ccccc2)c2cccnc2)c1. The molecule has 4 aromatic carbocycles. The van der Waals surface area contributed by atoms with E-state index < -0.39 is 5.41 Å². The number of nitrogens with one attached hydrogen (secondary N) is 1. The van der Waals surface area contributed by atoms with Gasteiger partial charge >= 0.3 is 0 Å². The molecule has 0 bridgehead atoms. The molecule has 1 aromatic heterocycles. The Kier molecular flexibility index (Phi) is 5.09. The van der Waals surface area contributed by atoms with Crippen LogP contribution in [0.4, 0.5) is 0 Å². The maximum Gasteiger partial charge on any atom is 0.0728 e. The van der Waals surface area contributed by atoms with E-state index in [-0.39, 0.29) is 0 Å². The Labute approximate surface area is 201 Å². The van der Waals surface area contributed by atoms with Gasteiger partial charge in [0.25, 0.3) is 0 Å². The fourth-order valence-electron chi connectivity index (χ4n) is 5.59. The Bertz CT molecular complexity index is 1420. The third kappa shape index (κ3) is 3.11. The van der Waals surface area contributed by atoms with E-state index in [1.54, 1.807) is 0 Å². The second-order valence-corrected chi connectivity index (χ2v) is 8.89. The van der Waals surface area contributed by atoms with Crippen LogP contribution in [-0.2, 0) is 12.0 Å². The summed E-state index contributed by atoms with van der Waals surface area (Å²) >= 11 is 0. The minimum absolute atomic E-state index is 0.395. The van der Waals surface area contributed by atoms with Crippen LogP contribution in [0.5, 0.6) is 0 Å². The first-order valence-corrected chi connectivity index (χ1v) is 11.8. The van der Waals surface area contributed by atoms with Crippen LogP contribution in [0, 0.1) is 0 Å². The first-order valence-electron chi connectivity index (χ1n) is 11.8. The van der Waals surface area contributed by atoms with Crippen molar-refractivity contribution < 1.29 is 0 Å². The molecule has 0 saturated heterocycles. The summed E-state index contributed by atoms with van der Waals surface area (Å²) in [5, 5.41) is 3.26. The molecule has 0 spiro atoms. The molecule has 0 fully saturated rings. The minimum Gasteiger partial charge on any atom is -0.316 e. The average Bonchev–Trinajstić information content (AvgIpc) is 3.21. The summed E-state index contributed by atoms with van der Waals surface area (Å²) in [6.45, 7) is 0.861. The molecule has 5 aromatic rings. The van der Waals surface area contributed by atoms with Gasteiger partial charge in [-0.25, -0.2) is 0 Å². The molecule has 0 amide bonds. The van der Waals surface area contributed by atoms with E-state index in [1.165, 1.54) is 50.1 Å². The van der Waals surface area contributed by atoms with Gasteiger partial charge in [0.05, 0.1) is 5.41 Å². The standard InChI is InChI=1S/C32H26N2/c1-33-21-23-9-7-10-24(19-23)25-16-17-31-29(20-25)28-14-5-6-15-30(28)32(31,26-11-3-2-4-12-26)27-13-8-18-34-22-27/h2-20,22,33H,21H2,1H3. The second-order valence-electron chi connectivity index (χ2n) is 8.89. The quantitative estimate of drug-likeness (QED) is 0.319. The number of fused-ring (bicyclic) bond motifs is 3. The van der Waals surface area contributed by atoms with E-state index in [2.05, 4.69) is 113 Å². The fraction of sp³-hybridized carbons (Fsp3) is 0.0938. The van der Waals surface area contributed by atoms with E-state index in [9.17, 15) is 0 Å². The van der Waals surface area contributed by atoms with E-state index in [0.29, 0.717) is 0 Å². The molecule has 0 radical (unpaired) electrons. The number of nitrogens with zero attached hydrogens (tertiary/aromatic N) is 1. The highest BCUT2D eigenvalue weighted by molar-refractivity contribution is 5.88. The van der Waals surface area contributed by atoms with Crippen LogP contribution < -0.4 is 5.32 Å². The largest absolute Gasteiger partial charge is 0.316 e. The van der Waals surface area contributed by atoms with Gasteiger partial charge in [-0.2, -0.15) is 0 Å². The summed E-state index contributed by atoms with van der Waals surface area (Å²) in [4.78, 5) is 4.53. The van der Waals surface area contributed by atoms with Gasteiger partial charge in [0, 0.05) is 18.9 Å². The molecule has 1 unspecified atom stereocenters. The van der Waals surface area contributed by atoms with Crippen LogP contribution in [0.15, 0.2) is 122 Å². The number of aromatic nitrogens is 1. The third-order valence-electron chi connectivity index (χ3n) is 6.99. The molecule has 1 aliphatic rings.